The Morgan fingerprint density at radius 3 is 1.71 bits per heavy atom. The SMILES string of the molecule is c1ccc(-c2cc(-c3ccc(-c4nc5c(-c6cc7ccccc7c7ccccc67)cccc5c5oc6ccccc6c45)cc3)nc(-c3ccccc3)n2)cc1. The van der Waals surface area contributed by atoms with E-state index in [2.05, 4.69) is 140 Å². The molecule has 0 saturated carbocycles. The summed E-state index contributed by atoms with van der Waals surface area (Å²) in [6.45, 7) is 0. The first-order valence-corrected chi connectivity index (χ1v) is 18.5. The van der Waals surface area contributed by atoms with E-state index in [4.69, 9.17) is 19.4 Å². The van der Waals surface area contributed by atoms with Crippen LogP contribution in [0.5, 0.6) is 0 Å². The van der Waals surface area contributed by atoms with Gasteiger partial charge in [-0.2, -0.15) is 0 Å². The molecule has 0 amide bonds. The molecule has 0 saturated heterocycles. The summed E-state index contributed by atoms with van der Waals surface area (Å²) in [6.07, 6.45) is 0. The number of hydrogen-bond acceptors (Lipinski definition) is 4. The number of hydrogen-bond donors (Lipinski definition) is 0. The van der Waals surface area contributed by atoms with E-state index < -0.39 is 0 Å². The van der Waals surface area contributed by atoms with Gasteiger partial charge in [0.05, 0.1) is 28.0 Å². The molecule has 0 unspecified atom stereocenters. The highest BCUT2D eigenvalue weighted by Crippen LogP contribution is 2.44. The predicted molar refractivity (Wildman–Crippen MR) is 227 cm³/mol. The normalized spacial score (nSPS) is 11.6. The van der Waals surface area contributed by atoms with Gasteiger partial charge in [0.15, 0.2) is 5.82 Å². The van der Waals surface area contributed by atoms with E-state index >= 15 is 0 Å². The van der Waals surface area contributed by atoms with Gasteiger partial charge < -0.3 is 4.42 Å². The quantitative estimate of drug-likeness (QED) is 0.168. The van der Waals surface area contributed by atoms with Gasteiger partial charge in [0.1, 0.15) is 11.2 Å². The molecule has 0 N–H and O–H groups in total. The van der Waals surface area contributed by atoms with Gasteiger partial charge in [0.25, 0.3) is 0 Å². The smallest absolute Gasteiger partial charge is 0.160 e. The van der Waals surface area contributed by atoms with Gasteiger partial charge in [0.2, 0.25) is 0 Å². The zero-order valence-corrected chi connectivity index (χ0v) is 29.6. The summed E-state index contributed by atoms with van der Waals surface area (Å²) in [5.74, 6) is 0.692. The van der Waals surface area contributed by atoms with Crippen LogP contribution in [0.1, 0.15) is 0 Å². The van der Waals surface area contributed by atoms with E-state index in [1.54, 1.807) is 0 Å². The zero-order valence-electron chi connectivity index (χ0n) is 29.6. The van der Waals surface area contributed by atoms with Crippen LogP contribution in [0.4, 0.5) is 0 Å². The number of nitrogens with zero attached hydrogens (tertiary/aromatic N) is 3. The number of rotatable bonds is 5. The lowest BCUT2D eigenvalue weighted by Gasteiger charge is -2.14. The van der Waals surface area contributed by atoms with Crippen LogP contribution in [0.15, 0.2) is 192 Å². The number of aromatic nitrogens is 3. The van der Waals surface area contributed by atoms with Gasteiger partial charge in [-0.3, -0.25) is 0 Å². The van der Waals surface area contributed by atoms with Gasteiger partial charge in [-0.05, 0) is 51.4 Å². The highest BCUT2D eigenvalue weighted by molar-refractivity contribution is 6.22. The monoisotopic (exact) mass is 701 g/mol. The summed E-state index contributed by atoms with van der Waals surface area (Å²) >= 11 is 0. The largest absolute Gasteiger partial charge is 0.455 e. The van der Waals surface area contributed by atoms with Crippen molar-refractivity contribution in [3.8, 4) is 56.3 Å². The minimum Gasteiger partial charge on any atom is -0.455 e. The van der Waals surface area contributed by atoms with Gasteiger partial charge in [-0.15, -0.1) is 0 Å². The lowest BCUT2D eigenvalue weighted by molar-refractivity contribution is 0.672. The number of furan rings is 1. The maximum Gasteiger partial charge on any atom is 0.160 e. The Hall–Kier alpha value is -7.43. The second kappa shape index (κ2) is 12.6. The lowest BCUT2D eigenvalue weighted by atomic mass is 9.91. The van der Waals surface area contributed by atoms with Gasteiger partial charge in [-0.25, -0.2) is 15.0 Å². The lowest BCUT2D eigenvalue weighted by Crippen LogP contribution is -1.96. The van der Waals surface area contributed by atoms with Crippen molar-refractivity contribution >= 4 is 54.4 Å². The second-order valence-electron chi connectivity index (χ2n) is 13.9. The van der Waals surface area contributed by atoms with Crippen LogP contribution in [0.3, 0.4) is 0 Å². The van der Waals surface area contributed by atoms with Crippen LogP contribution < -0.4 is 0 Å². The minimum absolute atomic E-state index is 0.692. The predicted octanol–water partition coefficient (Wildman–Crippen LogP) is 13.6. The van der Waals surface area contributed by atoms with Crippen molar-refractivity contribution in [3.63, 3.8) is 0 Å². The molecule has 0 spiro atoms. The first kappa shape index (κ1) is 31.1. The Labute approximate surface area is 317 Å². The van der Waals surface area contributed by atoms with E-state index in [-0.39, 0.29) is 0 Å². The summed E-state index contributed by atoms with van der Waals surface area (Å²) in [6, 6.07) is 65.4. The van der Waals surface area contributed by atoms with Crippen molar-refractivity contribution in [2.45, 2.75) is 0 Å². The Balaban J connectivity index is 1.12. The van der Waals surface area contributed by atoms with Gasteiger partial charge >= 0.3 is 0 Å². The van der Waals surface area contributed by atoms with E-state index in [0.29, 0.717) is 5.82 Å². The number of pyridine rings is 1. The molecule has 0 radical (unpaired) electrons. The van der Waals surface area contributed by atoms with Gasteiger partial charge in [0, 0.05) is 38.6 Å². The first-order chi connectivity index (χ1) is 27.3. The van der Waals surface area contributed by atoms with E-state index in [0.717, 1.165) is 83.3 Å². The van der Waals surface area contributed by atoms with E-state index in [9.17, 15) is 0 Å². The molecule has 256 valence electrons. The molecule has 0 aliphatic heterocycles. The molecule has 11 aromatic rings. The summed E-state index contributed by atoms with van der Waals surface area (Å²) < 4.78 is 6.72. The molecular formula is C51H31N3O. The fourth-order valence-corrected chi connectivity index (χ4v) is 8.06. The van der Waals surface area contributed by atoms with Crippen molar-refractivity contribution in [3.05, 3.63) is 188 Å². The molecule has 11 rings (SSSR count). The number of fused-ring (bicyclic) bond motifs is 8. The highest BCUT2D eigenvalue weighted by atomic mass is 16.3. The van der Waals surface area contributed by atoms with Crippen LogP contribution in [-0.2, 0) is 0 Å². The standard InChI is InChI=1S/C51H31N3O/c1-3-14-32(15-4-1)44-31-45(53-51(52-44)35-16-5-2-6-17-35)33-26-28-34(29-27-33)48-47-41-22-11-12-25-46(41)55-50(47)42-24-13-23-40(49(42)54-48)43-30-36-18-7-8-19-37(36)38-20-9-10-21-39(38)43/h1-31H. The fourth-order valence-electron chi connectivity index (χ4n) is 8.06. The molecule has 4 heteroatoms. The Kier molecular flexibility index (Phi) is 7.14. The number of benzene rings is 8. The molecule has 3 heterocycles. The first-order valence-electron chi connectivity index (χ1n) is 18.5. The Bertz CT molecular complexity index is 3180. The average molecular weight is 702 g/mol. The van der Waals surface area contributed by atoms with Crippen LogP contribution >= 0.6 is 0 Å². The number of para-hydroxylation sites is 2. The molecule has 3 aromatic heterocycles. The molecule has 0 bridgehead atoms. The molecule has 8 aromatic carbocycles. The Morgan fingerprint density at radius 2 is 0.945 bits per heavy atom. The molecule has 55 heavy (non-hydrogen) atoms. The highest BCUT2D eigenvalue weighted by Gasteiger charge is 2.21. The molecular weight excluding hydrogens is 671 g/mol. The summed E-state index contributed by atoms with van der Waals surface area (Å²) in [4.78, 5) is 15.6. The molecule has 0 fully saturated rings. The third-order valence-electron chi connectivity index (χ3n) is 10.7. The summed E-state index contributed by atoms with van der Waals surface area (Å²) in [5.41, 5.74) is 11.4. The molecule has 4 nitrogen and oxygen atoms in total. The van der Waals surface area contributed by atoms with Crippen molar-refractivity contribution in [1.29, 1.82) is 0 Å². The summed E-state index contributed by atoms with van der Waals surface area (Å²) in [7, 11) is 0. The maximum absolute atomic E-state index is 6.72. The zero-order chi connectivity index (χ0) is 36.3. The molecule has 0 atom stereocenters. The van der Waals surface area contributed by atoms with Crippen molar-refractivity contribution in [2.75, 3.05) is 0 Å². The minimum atomic E-state index is 0.692. The van der Waals surface area contributed by atoms with Crippen molar-refractivity contribution in [2.24, 2.45) is 0 Å². The second-order valence-corrected chi connectivity index (χ2v) is 13.9. The third kappa shape index (κ3) is 5.19. The maximum atomic E-state index is 6.72. The van der Waals surface area contributed by atoms with E-state index in [1.165, 1.54) is 21.5 Å². The van der Waals surface area contributed by atoms with Crippen LogP contribution in [-0.4, -0.2) is 15.0 Å². The van der Waals surface area contributed by atoms with Crippen molar-refractivity contribution < 1.29 is 4.42 Å². The van der Waals surface area contributed by atoms with Gasteiger partial charge in [-0.1, -0.05) is 164 Å². The third-order valence-corrected chi connectivity index (χ3v) is 10.7. The van der Waals surface area contributed by atoms with Crippen LogP contribution in [0.2, 0.25) is 0 Å². The summed E-state index contributed by atoms with van der Waals surface area (Å²) in [5, 5.41) is 7.91. The van der Waals surface area contributed by atoms with E-state index in [1.807, 2.05) is 48.5 Å². The average Bonchev–Trinajstić information content (AvgIpc) is 3.66. The molecule has 0 aliphatic carbocycles. The molecule has 0 aliphatic rings. The Morgan fingerprint density at radius 1 is 0.364 bits per heavy atom. The van der Waals surface area contributed by atoms with Crippen molar-refractivity contribution in [1.82, 2.24) is 15.0 Å². The van der Waals surface area contributed by atoms with Crippen LogP contribution in [0.25, 0.3) is 111 Å². The topological polar surface area (TPSA) is 51.8 Å². The fraction of sp³-hybridized carbons (Fsp3) is 0. The van der Waals surface area contributed by atoms with Crippen LogP contribution in [0, 0.1) is 0 Å².